The first kappa shape index (κ1) is 15.4. The van der Waals surface area contributed by atoms with Gasteiger partial charge in [-0.3, -0.25) is 11.3 Å². The van der Waals surface area contributed by atoms with Crippen LogP contribution in [0.25, 0.3) is 0 Å². The van der Waals surface area contributed by atoms with Crippen molar-refractivity contribution in [2.45, 2.75) is 26.3 Å². The average Bonchev–Trinajstić information content (AvgIpc) is 2.31. The number of hydrogen-bond donors (Lipinski definition) is 2. The van der Waals surface area contributed by atoms with E-state index in [1.807, 2.05) is 0 Å². The number of rotatable bonds is 7. The number of hydrazine groups is 1. The number of halogens is 2. The van der Waals surface area contributed by atoms with Crippen molar-refractivity contribution in [3.63, 3.8) is 0 Å². The molecule has 102 valence electrons. The van der Waals surface area contributed by atoms with Gasteiger partial charge in [-0.1, -0.05) is 19.9 Å². The molecule has 18 heavy (non-hydrogen) atoms. The molecule has 0 bridgehead atoms. The highest BCUT2D eigenvalue weighted by molar-refractivity contribution is 7.99. The number of hydrogen-bond acceptors (Lipinski definition) is 3. The monoisotopic (exact) mass is 274 g/mol. The van der Waals surface area contributed by atoms with Crippen LogP contribution in [0.5, 0.6) is 0 Å². The summed E-state index contributed by atoms with van der Waals surface area (Å²) in [6.07, 6.45) is 0.264. The van der Waals surface area contributed by atoms with Gasteiger partial charge in [-0.05, 0) is 30.2 Å². The molecule has 0 aromatic heterocycles. The molecule has 0 saturated heterocycles. The van der Waals surface area contributed by atoms with Gasteiger partial charge in [0.25, 0.3) is 0 Å². The molecule has 0 radical (unpaired) electrons. The van der Waals surface area contributed by atoms with E-state index in [-0.39, 0.29) is 18.0 Å². The van der Waals surface area contributed by atoms with Crippen molar-refractivity contribution in [3.8, 4) is 0 Å². The van der Waals surface area contributed by atoms with Gasteiger partial charge < -0.3 is 0 Å². The first-order valence-corrected chi connectivity index (χ1v) is 7.16. The quantitative estimate of drug-likeness (QED) is 0.593. The lowest BCUT2D eigenvalue weighted by atomic mass is 10.1. The lowest BCUT2D eigenvalue weighted by Crippen LogP contribution is -2.39. The van der Waals surface area contributed by atoms with Crippen LogP contribution >= 0.6 is 11.8 Å². The molecule has 0 heterocycles. The van der Waals surface area contributed by atoms with E-state index < -0.39 is 11.6 Å². The molecule has 0 fully saturated rings. The predicted molar refractivity (Wildman–Crippen MR) is 73.3 cm³/mol. The van der Waals surface area contributed by atoms with Crippen LogP contribution in [0.3, 0.4) is 0 Å². The van der Waals surface area contributed by atoms with Gasteiger partial charge in [0.15, 0.2) is 0 Å². The van der Waals surface area contributed by atoms with Crippen LogP contribution in [0.2, 0.25) is 0 Å². The molecule has 0 aliphatic carbocycles. The van der Waals surface area contributed by atoms with Crippen LogP contribution in [-0.4, -0.2) is 17.5 Å². The van der Waals surface area contributed by atoms with Crippen LogP contribution < -0.4 is 11.3 Å². The van der Waals surface area contributed by atoms with Gasteiger partial charge in [0, 0.05) is 17.4 Å². The van der Waals surface area contributed by atoms with Crippen molar-refractivity contribution in [3.05, 3.63) is 35.4 Å². The Labute approximate surface area is 111 Å². The molecule has 5 heteroatoms. The second-order valence-electron chi connectivity index (χ2n) is 4.70. The maximum atomic E-state index is 13.5. The Kier molecular flexibility index (Phi) is 6.60. The van der Waals surface area contributed by atoms with E-state index in [9.17, 15) is 8.78 Å². The fourth-order valence-corrected chi connectivity index (χ4v) is 2.69. The molecule has 0 aliphatic heterocycles. The Morgan fingerprint density at radius 1 is 1.22 bits per heavy atom. The highest BCUT2D eigenvalue weighted by Gasteiger charge is 2.15. The van der Waals surface area contributed by atoms with Crippen molar-refractivity contribution in [2.24, 2.45) is 11.8 Å². The van der Waals surface area contributed by atoms with E-state index in [1.54, 1.807) is 11.8 Å². The van der Waals surface area contributed by atoms with Crippen LogP contribution in [0, 0.1) is 17.6 Å². The van der Waals surface area contributed by atoms with Crippen molar-refractivity contribution in [1.29, 1.82) is 0 Å². The topological polar surface area (TPSA) is 38.0 Å². The first-order chi connectivity index (χ1) is 8.54. The molecule has 0 aliphatic rings. The minimum absolute atomic E-state index is 0.102. The molecule has 1 rings (SSSR count). The van der Waals surface area contributed by atoms with Gasteiger partial charge in [0.05, 0.1) is 0 Å². The Bertz CT molecular complexity index is 352. The number of benzene rings is 1. The predicted octanol–water partition coefficient (Wildman–Crippen LogP) is 2.73. The van der Waals surface area contributed by atoms with E-state index in [0.29, 0.717) is 5.92 Å². The zero-order valence-electron chi connectivity index (χ0n) is 10.7. The molecular weight excluding hydrogens is 254 g/mol. The average molecular weight is 274 g/mol. The normalized spacial score (nSPS) is 13.0. The number of nitrogens with two attached hydrogens (primary N) is 1. The fraction of sp³-hybridized carbons (Fsp3) is 0.538. The summed E-state index contributed by atoms with van der Waals surface area (Å²) in [5.41, 5.74) is 2.73. The summed E-state index contributed by atoms with van der Waals surface area (Å²) in [7, 11) is 0. The highest BCUT2D eigenvalue weighted by atomic mass is 32.2. The molecule has 1 unspecified atom stereocenters. The van der Waals surface area contributed by atoms with E-state index in [1.165, 1.54) is 18.2 Å². The van der Waals surface area contributed by atoms with E-state index in [0.717, 1.165) is 11.5 Å². The standard InChI is InChI=1S/C13H20F2N2S/c1-9(2)7-18-8-10(17-16)6-11-12(14)4-3-5-13(11)15/h3-5,9-10,17H,6-8,16H2,1-2H3. The molecule has 1 aromatic rings. The minimum atomic E-state index is -0.510. The maximum Gasteiger partial charge on any atom is 0.129 e. The number of thioether (sulfide) groups is 1. The molecule has 0 saturated carbocycles. The summed E-state index contributed by atoms with van der Waals surface area (Å²) in [4.78, 5) is 0. The van der Waals surface area contributed by atoms with Gasteiger partial charge in [-0.2, -0.15) is 11.8 Å². The molecule has 3 N–H and O–H groups in total. The summed E-state index contributed by atoms with van der Waals surface area (Å²) < 4.78 is 27.0. The van der Waals surface area contributed by atoms with E-state index in [2.05, 4.69) is 19.3 Å². The van der Waals surface area contributed by atoms with Crippen LogP contribution in [0.4, 0.5) is 8.78 Å². The molecular formula is C13H20F2N2S. The van der Waals surface area contributed by atoms with Gasteiger partial charge >= 0.3 is 0 Å². The second-order valence-corrected chi connectivity index (χ2v) is 5.77. The Balaban J connectivity index is 2.57. The van der Waals surface area contributed by atoms with Crippen LogP contribution in [0.15, 0.2) is 18.2 Å². The third-order valence-corrected chi connectivity index (χ3v) is 4.06. The SMILES string of the molecule is CC(C)CSCC(Cc1c(F)cccc1F)NN. The minimum Gasteiger partial charge on any atom is -0.271 e. The van der Waals surface area contributed by atoms with E-state index in [4.69, 9.17) is 5.84 Å². The van der Waals surface area contributed by atoms with Gasteiger partial charge in [-0.25, -0.2) is 8.78 Å². The lowest BCUT2D eigenvalue weighted by molar-refractivity contribution is 0.512. The van der Waals surface area contributed by atoms with Crippen LogP contribution in [0.1, 0.15) is 19.4 Å². The third kappa shape index (κ3) is 4.92. The van der Waals surface area contributed by atoms with E-state index >= 15 is 0 Å². The molecule has 0 amide bonds. The van der Waals surface area contributed by atoms with Crippen molar-refractivity contribution in [1.82, 2.24) is 5.43 Å². The summed E-state index contributed by atoms with van der Waals surface area (Å²) in [5, 5.41) is 0. The summed E-state index contributed by atoms with van der Waals surface area (Å²) in [6, 6.07) is 3.78. The number of nitrogens with one attached hydrogen (secondary N) is 1. The summed E-state index contributed by atoms with van der Waals surface area (Å²) >= 11 is 1.74. The van der Waals surface area contributed by atoms with Gasteiger partial charge in [0.1, 0.15) is 11.6 Å². The highest BCUT2D eigenvalue weighted by Crippen LogP contribution is 2.16. The molecule has 0 spiro atoms. The summed E-state index contributed by atoms with van der Waals surface area (Å²) in [6.45, 7) is 4.27. The van der Waals surface area contributed by atoms with Crippen LogP contribution in [-0.2, 0) is 6.42 Å². The van der Waals surface area contributed by atoms with Crippen molar-refractivity contribution in [2.75, 3.05) is 11.5 Å². The van der Waals surface area contributed by atoms with Crippen molar-refractivity contribution >= 4 is 11.8 Å². The zero-order valence-corrected chi connectivity index (χ0v) is 11.6. The third-order valence-electron chi connectivity index (χ3n) is 2.52. The fourth-order valence-electron chi connectivity index (χ4n) is 1.59. The van der Waals surface area contributed by atoms with Crippen molar-refractivity contribution < 1.29 is 8.78 Å². The molecule has 1 atom stereocenters. The largest absolute Gasteiger partial charge is 0.271 e. The Hall–Kier alpha value is -0.650. The molecule has 1 aromatic carbocycles. The Morgan fingerprint density at radius 2 is 1.83 bits per heavy atom. The van der Waals surface area contributed by atoms with Gasteiger partial charge in [0.2, 0.25) is 0 Å². The Morgan fingerprint density at radius 3 is 2.33 bits per heavy atom. The zero-order chi connectivity index (χ0) is 13.5. The van der Waals surface area contributed by atoms with Gasteiger partial charge in [-0.15, -0.1) is 0 Å². The summed E-state index contributed by atoms with van der Waals surface area (Å²) in [5.74, 6) is 6.76. The molecule has 2 nitrogen and oxygen atoms in total. The maximum absolute atomic E-state index is 13.5. The smallest absolute Gasteiger partial charge is 0.129 e. The lowest BCUT2D eigenvalue weighted by Gasteiger charge is -2.17. The first-order valence-electron chi connectivity index (χ1n) is 6.01. The second kappa shape index (κ2) is 7.71.